The van der Waals surface area contributed by atoms with Gasteiger partial charge in [0.25, 0.3) is 0 Å². The first-order valence-corrected chi connectivity index (χ1v) is 8.20. The molecule has 1 aliphatic rings. The van der Waals surface area contributed by atoms with Crippen molar-refractivity contribution in [3.63, 3.8) is 0 Å². The van der Waals surface area contributed by atoms with Gasteiger partial charge in [-0.25, -0.2) is 13.1 Å². The number of furan rings is 1. The number of halogens is 1. The number of sulfonamides is 1. The van der Waals surface area contributed by atoms with Gasteiger partial charge in [0.15, 0.2) is 4.67 Å². The zero-order valence-corrected chi connectivity index (χ0v) is 12.8. The lowest BCUT2D eigenvalue weighted by Gasteiger charge is -2.07. The van der Waals surface area contributed by atoms with Gasteiger partial charge < -0.3 is 9.73 Å². The van der Waals surface area contributed by atoms with E-state index in [-0.39, 0.29) is 15.6 Å². The molecule has 0 spiro atoms. The van der Waals surface area contributed by atoms with Gasteiger partial charge in [-0.3, -0.25) is 0 Å². The highest BCUT2D eigenvalue weighted by Gasteiger charge is 2.25. The molecule has 18 heavy (non-hydrogen) atoms. The summed E-state index contributed by atoms with van der Waals surface area (Å²) in [6, 6.07) is 1.97. The number of nitrogens with one attached hydrogen (secondary N) is 2. The van der Waals surface area contributed by atoms with Crippen molar-refractivity contribution < 1.29 is 12.8 Å². The summed E-state index contributed by atoms with van der Waals surface area (Å²) in [4.78, 5) is 0.156. The van der Waals surface area contributed by atoms with Crippen molar-refractivity contribution in [3.8, 4) is 0 Å². The normalized spacial score (nSPS) is 16.4. The molecule has 102 valence electrons. The van der Waals surface area contributed by atoms with Gasteiger partial charge in [-0.1, -0.05) is 0 Å². The monoisotopic (exact) mass is 336 g/mol. The first-order valence-electron chi connectivity index (χ1n) is 5.92. The second-order valence-electron chi connectivity index (χ2n) is 4.78. The average molecular weight is 337 g/mol. The third-order valence-corrected chi connectivity index (χ3v) is 5.04. The minimum atomic E-state index is -3.51. The van der Waals surface area contributed by atoms with Crippen LogP contribution < -0.4 is 10.0 Å². The third-order valence-electron chi connectivity index (χ3n) is 2.53. The van der Waals surface area contributed by atoms with Crippen molar-refractivity contribution in [1.29, 1.82) is 0 Å². The van der Waals surface area contributed by atoms with E-state index in [1.807, 2.05) is 0 Å². The summed E-state index contributed by atoms with van der Waals surface area (Å²) in [6.45, 7) is 4.11. The fourth-order valence-corrected chi connectivity index (χ4v) is 3.82. The van der Waals surface area contributed by atoms with E-state index in [0.717, 1.165) is 0 Å². The van der Waals surface area contributed by atoms with Crippen LogP contribution >= 0.6 is 15.9 Å². The lowest BCUT2D eigenvalue weighted by molar-refractivity contribution is 0.459. The topological polar surface area (TPSA) is 71.3 Å². The van der Waals surface area contributed by atoms with Crippen LogP contribution in [0.5, 0.6) is 0 Å². The SMILES string of the molecule is CC(C)NS(=O)(=O)c1cc(CNC2CC2)oc1Br. The molecule has 0 unspecified atom stereocenters. The molecule has 0 aliphatic heterocycles. The van der Waals surface area contributed by atoms with Gasteiger partial charge >= 0.3 is 0 Å². The highest BCUT2D eigenvalue weighted by Crippen LogP contribution is 2.27. The van der Waals surface area contributed by atoms with Crippen LogP contribution in [0.1, 0.15) is 32.4 Å². The fraction of sp³-hybridized carbons (Fsp3) is 0.636. The molecule has 1 aromatic rings. The molecule has 0 aromatic carbocycles. The molecule has 0 amide bonds. The molecule has 7 heteroatoms. The molecule has 1 aromatic heterocycles. The Labute approximate surface area is 116 Å². The highest BCUT2D eigenvalue weighted by molar-refractivity contribution is 9.10. The molecule has 1 aliphatic carbocycles. The predicted molar refractivity (Wildman–Crippen MR) is 71.7 cm³/mol. The zero-order chi connectivity index (χ0) is 13.3. The molecular formula is C11H17BrN2O3S. The Morgan fingerprint density at radius 3 is 2.72 bits per heavy atom. The lowest BCUT2D eigenvalue weighted by Crippen LogP contribution is -2.30. The van der Waals surface area contributed by atoms with Crippen molar-refractivity contribution in [2.75, 3.05) is 0 Å². The summed E-state index contributed by atoms with van der Waals surface area (Å²) in [5.41, 5.74) is 0. The Morgan fingerprint density at radius 2 is 2.17 bits per heavy atom. The maximum absolute atomic E-state index is 12.0. The number of hydrogen-bond acceptors (Lipinski definition) is 4. The summed E-state index contributed by atoms with van der Waals surface area (Å²) >= 11 is 3.15. The van der Waals surface area contributed by atoms with E-state index in [1.165, 1.54) is 12.8 Å². The van der Waals surface area contributed by atoms with Crippen molar-refractivity contribution >= 4 is 26.0 Å². The second kappa shape index (κ2) is 5.32. The lowest BCUT2D eigenvalue weighted by atomic mass is 10.4. The van der Waals surface area contributed by atoms with Crippen molar-refractivity contribution in [3.05, 3.63) is 16.5 Å². The summed E-state index contributed by atoms with van der Waals surface area (Å²) in [6.07, 6.45) is 2.36. The second-order valence-corrected chi connectivity index (χ2v) is 7.18. The standard InChI is InChI=1S/C11H17BrN2O3S/c1-7(2)14-18(15,16)10-5-9(17-11(10)12)6-13-8-3-4-8/h5,7-8,13-14H,3-4,6H2,1-2H3. The Morgan fingerprint density at radius 1 is 1.50 bits per heavy atom. The van der Waals surface area contributed by atoms with Gasteiger partial charge in [-0.15, -0.1) is 0 Å². The predicted octanol–water partition coefficient (Wildman–Crippen LogP) is 1.98. The first kappa shape index (κ1) is 14.0. The maximum atomic E-state index is 12.0. The maximum Gasteiger partial charge on any atom is 0.245 e. The molecule has 0 bridgehead atoms. The van der Waals surface area contributed by atoms with Gasteiger partial charge in [-0.05, 0) is 42.6 Å². The van der Waals surface area contributed by atoms with Gasteiger partial charge in [-0.2, -0.15) is 0 Å². The molecular weight excluding hydrogens is 320 g/mol. The van der Waals surface area contributed by atoms with E-state index >= 15 is 0 Å². The quantitative estimate of drug-likeness (QED) is 0.833. The molecule has 1 fully saturated rings. The van der Waals surface area contributed by atoms with E-state index in [0.29, 0.717) is 18.3 Å². The average Bonchev–Trinajstić information content (AvgIpc) is 2.97. The Balaban J connectivity index is 2.12. The minimum absolute atomic E-state index is 0.148. The van der Waals surface area contributed by atoms with E-state index in [2.05, 4.69) is 26.0 Å². The smallest absolute Gasteiger partial charge is 0.245 e. The molecule has 1 heterocycles. The molecule has 0 radical (unpaired) electrons. The summed E-state index contributed by atoms with van der Waals surface area (Å²) in [7, 11) is -3.51. The van der Waals surface area contributed by atoms with Crippen LogP contribution in [0.15, 0.2) is 20.0 Å². The first-order chi connectivity index (χ1) is 8.38. The van der Waals surface area contributed by atoms with Crippen LogP contribution in [0.2, 0.25) is 0 Å². The largest absolute Gasteiger partial charge is 0.452 e. The van der Waals surface area contributed by atoms with Crippen molar-refractivity contribution in [1.82, 2.24) is 10.0 Å². The van der Waals surface area contributed by atoms with Crippen LogP contribution in [0.3, 0.4) is 0 Å². The molecule has 2 N–H and O–H groups in total. The molecule has 5 nitrogen and oxygen atoms in total. The van der Waals surface area contributed by atoms with Crippen LogP contribution in [0.25, 0.3) is 0 Å². The Kier molecular flexibility index (Phi) is 4.15. The minimum Gasteiger partial charge on any atom is -0.452 e. The third kappa shape index (κ3) is 3.57. The van der Waals surface area contributed by atoms with Crippen LogP contribution in [0, 0.1) is 0 Å². The van der Waals surface area contributed by atoms with E-state index in [4.69, 9.17) is 4.42 Å². The molecule has 2 rings (SSSR count). The summed E-state index contributed by atoms with van der Waals surface area (Å²) < 4.78 is 32.2. The number of hydrogen-bond donors (Lipinski definition) is 2. The van der Waals surface area contributed by atoms with Crippen LogP contribution in [0.4, 0.5) is 0 Å². The van der Waals surface area contributed by atoms with E-state index < -0.39 is 10.0 Å². The van der Waals surface area contributed by atoms with Crippen LogP contribution in [-0.4, -0.2) is 20.5 Å². The summed E-state index contributed by atoms with van der Waals surface area (Å²) in [5.74, 6) is 0.623. The van der Waals surface area contributed by atoms with Gasteiger partial charge in [0.2, 0.25) is 10.0 Å². The fourth-order valence-electron chi connectivity index (χ4n) is 1.57. The molecule has 1 saturated carbocycles. The Hall–Kier alpha value is -0.370. The van der Waals surface area contributed by atoms with E-state index in [9.17, 15) is 8.42 Å². The van der Waals surface area contributed by atoms with Crippen molar-refractivity contribution in [2.45, 2.75) is 50.2 Å². The molecule has 0 atom stereocenters. The van der Waals surface area contributed by atoms with Crippen molar-refractivity contribution in [2.24, 2.45) is 0 Å². The van der Waals surface area contributed by atoms with Gasteiger partial charge in [0.05, 0.1) is 6.54 Å². The Bertz CT molecular complexity index is 520. The molecule has 0 saturated heterocycles. The van der Waals surface area contributed by atoms with Gasteiger partial charge in [0.1, 0.15) is 10.7 Å². The van der Waals surface area contributed by atoms with Gasteiger partial charge in [0, 0.05) is 18.2 Å². The highest BCUT2D eigenvalue weighted by atomic mass is 79.9. The van der Waals surface area contributed by atoms with Crippen LogP contribution in [-0.2, 0) is 16.6 Å². The zero-order valence-electron chi connectivity index (χ0n) is 10.4. The summed E-state index contributed by atoms with van der Waals surface area (Å²) in [5, 5.41) is 3.28. The number of rotatable bonds is 6. The van der Waals surface area contributed by atoms with E-state index in [1.54, 1.807) is 19.9 Å².